The number of carbonyl (C=O) groups excluding carboxylic acids is 2. The Bertz CT molecular complexity index is 967. The van der Waals surface area contributed by atoms with Gasteiger partial charge in [0.15, 0.2) is 0 Å². The fourth-order valence-corrected chi connectivity index (χ4v) is 2.79. The molecule has 0 saturated carbocycles. The van der Waals surface area contributed by atoms with Gasteiger partial charge in [0, 0.05) is 19.5 Å². The molecule has 1 aromatic carbocycles. The number of rotatable bonds is 8. The second-order valence-corrected chi connectivity index (χ2v) is 6.54. The van der Waals surface area contributed by atoms with Crippen LogP contribution in [-0.2, 0) is 24.1 Å². The average molecular weight is 420 g/mol. The molecule has 158 valence electrons. The number of alkyl halides is 3. The standard InChI is InChI=1S/C21H19F3N2O4/c22-21(23,24)17-4-1-3-15(11-17)12-25-19(27)6-8-26(13-18-5-2-9-30-18)20(28)16-7-10-29-14-16/h1-5,7,9-11,14H,6,8,12-13H2,(H,25,27). The molecule has 0 fully saturated rings. The molecular formula is C21H19F3N2O4. The lowest BCUT2D eigenvalue weighted by Gasteiger charge is -2.21. The molecule has 0 aliphatic heterocycles. The van der Waals surface area contributed by atoms with Crippen LogP contribution in [0.3, 0.4) is 0 Å². The number of nitrogens with one attached hydrogen (secondary N) is 1. The fraction of sp³-hybridized carbons (Fsp3) is 0.238. The van der Waals surface area contributed by atoms with Crippen LogP contribution in [0.25, 0.3) is 0 Å². The van der Waals surface area contributed by atoms with Crippen molar-refractivity contribution in [2.45, 2.75) is 25.7 Å². The third-order valence-electron chi connectivity index (χ3n) is 4.33. The van der Waals surface area contributed by atoms with E-state index in [9.17, 15) is 22.8 Å². The molecule has 9 heteroatoms. The summed E-state index contributed by atoms with van der Waals surface area (Å²) in [5, 5.41) is 2.58. The van der Waals surface area contributed by atoms with E-state index in [1.165, 1.54) is 41.9 Å². The summed E-state index contributed by atoms with van der Waals surface area (Å²) < 4.78 is 48.6. The zero-order chi connectivity index (χ0) is 21.6. The summed E-state index contributed by atoms with van der Waals surface area (Å²) in [5.74, 6) is -0.168. The van der Waals surface area contributed by atoms with Crippen LogP contribution in [-0.4, -0.2) is 23.3 Å². The lowest BCUT2D eigenvalue weighted by molar-refractivity contribution is -0.137. The number of nitrogens with zero attached hydrogens (tertiary/aromatic N) is 1. The number of amides is 2. The summed E-state index contributed by atoms with van der Waals surface area (Å²) in [5.41, 5.74) is -0.101. The highest BCUT2D eigenvalue weighted by Gasteiger charge is 2.30. The number of carbonyl (C=O) groups is 2. The minimum atomic E-state index is -4.44. The Morgan fingerprint density at radius 3 is 2.57 bits per heavy atom. The summed E-state index contributed by atoms with van der Waals surface area (Å²) in [6, 6.07) is 9.68. The molecule has 6 nitrogen and oxygen atoms in total. The van der Waals surface area contributed by atoms with Crippen molar-refractivity contribution in [2.75, 3.05) is 6.54 Å². The van der Waals surface area contributed by atoms with Crippen molar-refractivity contribution in [3.63, 3.8) is 0 Å². The molecule has 0 aliphatic carbocycles. The Morgan fingerprint density at radius 1 is 1.07 bits per heavy atom. The van der Waals surface area contributed by atoms with Crippen LogP contribution in [0.15, 0.2) is 70.1 Å². The largest absolute Gasteiger partial charge is 0.472 e. The van der Waals surface area contributed by atoms with Gasteiger partial charge in [0.2, 0.25) is 5.91 Å². The SMILES string of the molecule is O=C(CCN(Cc1ccco1)C(=O)c1ccoc1)NCc1cccc(C(F)(F)F)c1. The van der Waals surface area contributed by atoms with Crippen molar-refractivity contribution < 1.29 is 31.6 Å². The van der Waals surface area contributed by atoms with Gasteiger partial charge in [-0.05, 0) is 35.9 Å². The summed E-state index contributed by atoms with van der Waals surface area (Å²) in [4.78, 5) is 26.3. The van der Waals surface area contributed by atoms with E-state index in [0.29, 0.717) is 16.9 Å². The van der Waals surface area contributed by atoms with Crippen molar-refractivity contribution >= 4 is 11.8 Å². The van der Waals surface area contributed by atoms with Gasteiger partial charge in [-0.25, -0.2) is 0 Å². The molecule has 2 aromatic heterocycles. The van der Waals surface area contributed by atoms with Crippen LogP contribution in [0, 0.1) is 0 Å². The van der Waals surface area contributed by atoms with Crippen LogP contribution in [0.2, 0.25) is 0 Å². The highest BCUT2D eigenvalue weighted by Crippen LogP contribution is 2.29. The number of benzene rings is 1. The van der Waals surface area contributed by atoms with Gasteiger partial charge >= 0.3 is 6.18 Å². The Morgan fingerprint density at radius 2 is 1.90 bits per heavy atom. The maximum atomic E-state index is 12.8. The summed E-state index contributed by atoms with van der Waals surface area (Å²) in [6.07, 6.45) is -0.300. The van der Waals surface area contributed by atoms with Crippen LogP contribution in [0.1, 0.15) is 33.7 Å². The Hall–Kier alpha value is -3.49. The first-order chi connectivity index (χ1) is 14.3. The molecule has 0 spiro atoms. The second-order valence-electron chi connectivity index (χ2n) is 6.54. The van der Waals surface area contributed by atoms with E-state index < -0.39 is 17.6 Å². The third kappa shape index (κ3) is 5.76. The van der Waals surface area contributed by atoms with Crippen molar-refractivity contribution in [3.8, 4) is 0 Å². The summed E-state index contributed by atoms with van der Waals surface area (Å²) in [7, 11) is 0. The maximum Gasteiger partial charge on any atom is 0.416 e. The number of halogens is 3. The molecule has 0 saturated heterocycles. The second kappa shape index (κ2) is 9.34. The van der Waals surface area contributed by atoms with Crippen LogP contribution in [0.5, 0.6) is 0 Å². The number of hydrogen-bond acceptors (Lipinski definition) is 4. The monoisotopic (exact) mass is 420 g/mol. The van der Waals surface area contributed by atoms with Crippen LogP contribution in [0.4, 0.5) is 13.2 Å². The van der Waals surface area contributed by atoms with Crippen molar-refractivity contribution in [2.24, 2.45) is 0 Å². The Labute approximate surface area is 170 Å². The van der Waals surface area contributed by atoms with Crippen LogP contribution >= 0.6 is 0 Å². The van der Waals surface area contributed by atoms with Crippen molar-refractivity contribution in [3.05, 3.63) is 83.7 Å². The lowest BCUT2D eigenvalue weighted by atomic mass is 10.1. The molecule has 2 amide bonds. The maximum absolute atomic E-state index is 12.8. The van der Waals surface area contributed by atoms with Gasteiger partial charge < -0.3 is 19.1 Å². The first-order valence-electron chi connectivity index (χ1n) is 9.09. The minimum Gasteiger partial charge on any atom is -0.472 e. The lowest BCUT2D eigenvalue weighted by Crippen LogP contribution is -2.34. The summed E-state index contributed by atoms with van der Waals surface area (Å²) >= 11 is 0. The number of hydrogen-bond donors (Lipinski definition) is 1. The van der Waals surface area contributed by atoms with Crippen molar-refractivity contribution in [1.82, 2.24) is 10.2 Å². The van der Waals surface area contributed by atoms with Gasteiger partial charge in [0.05, 0.1) is 30.2 Å². The van der Waals surface area contributed by atoms with E-state index in [1.807, 2.05) is 0 Å². The van der Waals surface area contributed by atoms with Gasteiger partial charge in [0.25, 0.3) is 5.91 Å². The number of furan rings is 2. The molecule has 0 aliphatic rings. The first-order valence-corrected chi connectivity index (χ1v) is 9.09. The third-order valence-corrected chi connectivity index (χ3v) is 4.33. The molecule has 30 heavy (non-hydrogen) atoms. The van der Waals surface area contributed by atoms with Gasteiger partial charge in [0.1, 0.15) is 12.0 Å². The van der Waals surface area contributed by atoms with Gasteiger partial charge in [-0.2, -0.15) is 13.2 Å². The Balaban J connectivity index is 1.57. The predicted molar refractivity (Wildman–Crippen MR) is 100 cm³/mol. The van der Waals surface area contributed by atoms with Crippen molar-refractivity contribution in [1.29, 1.82) is 0 Å². The topological polar surface area (TPSA) is 75.7 Å². The Kier molecular flexibility index (Phi) is 6.61. The first kappa shape index (κ1) is 21.2. The van der Waals surface area contributed by atoms with E-state index in [1.54, 1.807) is 12.1 Å². The minimum absolute atomic E-state index is 0.0245. The van der Waals surface area contributed by atoms with Crippen LogP contribution < -0.4 is 5.32 Å². The quantitative estimate of drug-likeness (QED) is 0.592. The molecule has 0 radical (unpaired) electrons. The highest BCUT2D eigenvalue weighted by atomic mass is 19.4. The van der Waals surface area contributed by atoms with E-state index in [2.05, 4.69) is 5.32 Å². The van der Waals surface area contributed by atoms with Gasteiger partial charge in [-0.15, -0.1) is 0 Å². The molecule has 0 atom stereocenters. The van der Waals surface area contributed by atoms with Gasteiger partial charge in [-0.3, -0.25) is 9.59 Å². The molecule has 3 rings (SSSR count). The smallest absolute Gasteiger partial charge is 0.416 e. The zero-order valence-electron chi connectivity index (χ0n) is 15.8. The molecule has 0 unspecified atom stereocenters. The normalized spacial score (nSPS) is 11.3. The van der Waals surface area contributed by atoms with E-state index >= 15 is 0 Å². The average Bonchev–Trinajstić information content (AvgIpc) is 3.42. The predicted octanol–water partition coefficient (Wildman–Crippen LogP) is 4.24. The van der Waals surface area contributed by atoms with E-state index in [0.717, 1.165) is 12.1 Å². The fourth-order valence-electron chi connectivity index (χ4n) is 2.79. The zero-order valence-corrected chi connectivity index (χ0v) is 15.8. The molecular weight excluding hydrogens is 401 g/mol. The molecule has 1 N–H and O–H groups in total. The summed E-state index contributed by atoms with van der Waals surface area (Å²) in [6.45, 7) is 0.216. The highest BCUT2D eigenvalue weighted by molar-refractivity contribution is 5.94. The van der Waals surface area contributed by atoms with Gasteiger partial charge in [-0.1, -0.05) is 12.1 Å². The van der Waals surface area contributed by atoms with E-state index in [4.69, 9.17) is 8.83 Å². The molecule has 0 bridgehead atoms. The van der Waals surface area contributed by atoms with E-state index in [-0.39, 0.29) is 32.0 Å². The molecule has 3 aromatic rings. The molecule has 2 heterocycles.